The van der Waals surface area contributed by atoms with E-state index in [1.165, 1.54) is 0 Å². The van der Waals surface area contributed by atoms with E-state index in [1.54, 1.807) is 0 Å². The molecule has 8 heteroatoms. The Morgan fingerprint density at radius 2 is 1.67 bits per heavy atom. The Bertz CT molecular complexity index is 368. The number of hydrogen-bond acceptors (Lipinski definition) is 2. The van der Waals surface area contributed by atoms with Gasteiger partial charge < -0.3 is 4.55 Å². The average molecular weight is 247 g/mol. The van der Waals surface area contributed by atoms with Gasteiger partial charge in [0.1, 0.15) is 12.2 Å². The summed E-state index contributed by atoms with van der Waals surface area (Å²) in [5.74, 6) is -8.59. The third-order valence-electron chi connectivity index (χ3n) is 1.18. The van der Waals surface area contributed by atoms with E-state index >= 15 is 0 Å². The summed E-state index contributed by atoms with van der Waals surface area (Å²) in [5, 5.41) is 0. The molecular weight excluding hydrogens is 243 g/mol. The van der Waals surface area contributed by atoms with Crippen LogP contribution in [-0.2, 0) is 11.1 Å². The molecule has 0 aromatic rings. The largest absolute Gasteiger partial charge is 0.768 e. The van der Waals surface area contributed by atoms with E-state index in [0.717, 1.165) is 0 Å². The normalized spacial score (nSPS) is 18.2. The van der Waals surface area contributed by atoms with Crippen molar-refractivity contribution in [2.45, 2.75) is 6.92 Å². The Hall–Kier alpha value is -1.02. The Morgan fingerprint density at radius 1 is 1.20 bits per heavy atom. The first-order valence-corrected chi connectivity index (χ1v) is 4.38. The topological polar surface area (TPSA) is 40.1 Å². The van der Waals surface area contributed by atoms with Gasteiger partial charge in [0.2, 0.25) is 0 Å². The summed E-state index contributed by atoms with van der Waals surface area (Å²) in [6.45, 7) is 0.523. The van der Waals surface area contributed by atoms with Gasteiger partial charge in [-0.25, -0.2) is 22.0 Å². The number of halogens is 5. The summed E-state index contributed by atoms with van der Waals surface area (Å²) in [6, 6.07) is 0. The van der Waals surface area contributed by atoms with Crippen LogP contribution in [0.1, 0.15) is 6.92 Å². The smallest absolute Gasteiger partial charge is 0.198 e. The Balaban J connectivity index is 5.59. The molecular formula is C7H4F5O2S-. The van der Waals surface area contributed by atoms with Crippen LogP contribution in [0.5, 0.6) is 0 Å². The molecule has 0 saturated carbocycles. The van der Waals surface area contributed by atoms with Crippen LogP contribution >= 0.6 is 0 Å². The summed E-state index contributed by atoms with van der Waals surface area (Å²) < 4.78 is 81.7. The molecule has 0 aliphatic rings. The second kappa shape index (κ2) is 5.76. The highest BCUT2D eigenvalue weighted by molar-refractivity contribution is 7.83. The van der Waals surface area contributed by atoms with E-state index in [2.05, 4.69) is 0 Å². The molecule has 0 radical (unpaired) electrons. The van der Waals surface area contributed by atoms with E-state index in [0.29, 0.717) is 6.92 Å². The van der Waals surface area contributed by atoms with Gasteiger partial charge in [-0.05, 0) is 18.0 Å². The second-order valence-electron chi connectivity index (χ2n) is 2.18. The van der Waals surface area contributed by atoms with Crippen molar-refractivity contribution in [2.75, 3.05) is 0 Å². The molecule has 0 fully saturated rings. The fraction of sp³-hybridized carbons (Fsp3) is 0.143. The van der Waals surface area contributed by atoms with Gasteiger partial charge >= 0.3 is 0 Å². The second-order valence-corrected chi connectivity index (χ2v) is 3.06. The minimum Gasteiger partial charge on any atom is -0.768 e. The van der Waals surface area contributed by atoms with Crippen molar-refractivity contribution >= 4 is 11.1 Å². The van der Waals surface area contributed by atoms with Crippen molar-refractivity contribution in [1.29, 1.82) is 0 Å². The molecule has 0 aliphatic heterocycles. The summed E-state index contributed by atoms with van der Waals surface area (Å²) in [5.41, 5.74) is 0. The summed E-state index contributed by atoms with van der Waals surface area (Å²) in [6.07, 6.45) is -0.923. The van der Waals surface area contributed by atoms with Crippen molar-refractivity contribution in [3.63, 3.8) is 0 Å². The van der Waals surface area contributed by atoms with Gasteiger partial charge in [-0.15, -0.1) is 0 Å². The lowest BCUT2D eigenvalue weighted by molar-refractivity contribution is 0.480. The Kier molecular flexibility index (Phi) is 5.37. The van der Waals surface area contributed by atoms with Crippen molar-refractivity contribution in [3.05, 3.63) is 34.5 Å². The highest BCUT2D eigenvalue weighted by atomic mass is 32.2. The number of allylic oxidation sites excluding steroid dienone is 4. The van der Waals surface area contributed by atoms with Crippen LogP contribution in [-0.4, -0.2) is 8.76 Å². The van der Waals surface area contributed by atoms with Gasteiger partial charge in [0.15, 0.2) is 17.5 Å². The number of rotatable bonds is 3. The van der Waals surface area contributed by atoms with Crippen molar-refractivity contribution in [1.82, 2.24) is 0 Å². The molecule has 0 N–H and O–H groups in total. The van der Waals surface area contributed by atoms with Crippen molar-refractivity contribution in [2.24, 2.45) is 0 Å². The molecule has 2 nitrogen and oxygen atoms in total. The first kappa shape index (κ1) is 14.0. The van der Waals surface area contributed by atoms with Crippen molar-refractivity contribution in [3.8, 4) is 0 Å². The third-order valence-corrected chi connectivity index (χ3v) is 1.97. The predicted molar refractivity (Wildman–Crippen MR) is 42.3 cm³/mol. The van der Waals surface area contributed by atoms with Crippen LogP contribution in [0.4, 0.5) is 22.0 Å². The third kappa shape index (κ3) is 3.56. The fourth-order valence-electron chi connectivity index (χ4n) is 0.592. The Labute approximate surface area is 84.1 Å². The van der Waals surface area contributed by atoms with Gasteiger partial charge in [0.05, 0.1) is 4.91 Å². The van der Waals surface area contributed by atoms with Gasteiger partial charge in [0.25, 0.3) is 0 Å². The van der Waals surface area contributed by atoms with E-state index in [9.17, 15) is 30.7 Å². The lowest BCUT2D eigenvalue weighted by atomic mass is 10.3. The zero-order valence-electron chi connectivity index (χ0n) is 7.19. The molecule has 0 rings (SSSR count). The van der Waals surface area contributed by atoms with E-state index in [-0.39, 0.29) is 0 Å². The van der Waals surface area contributed by atoms with Crippen molar-refractivity contribution < 1.29 is 30.7 Å². The van der Waals surface area contributed by atoms with Crippen LogP contribution in [0, 0.1) is 0 Å². The number of hydrogen-bond donors (Lipinski definition) is 0. The molecule has 15 heavy (non-hydrogen) atoms. The summed E-state index contributed by atoms with van der Waals surface area (Å²) in [4.78, 5) is -1.69. The zero-order valence-corrected chi connectivity index (χ0v) is 8.01. The molecule has 0 aromatic heterocycles. The van der Waals surface area contributed by atoms with Gasteiger partial charge in [0, 0.05) is 0 Å². The molecule has 0 saturated heterocycles. The molecule has 1 atom stereocenters. The molecule has 0 aromatic carbocycles. The molecule has 0 spiro atoms. The van der Waals surface area contributed by atoms with Gasteiger partial charge in [-0.1, -0.05) is 0 Å². The van der Waals surface area contributed by atoms with Crippen LogP contribution in [0.3, 0.4) is 0 Å². The monoisotopic (exact) mass is 247 g/mol. The summed E-state index contributed by atoms with van der Waals surface area (Å²) >= 11 is -3.44. The van der Waals surface area contributed by atoms with Crippen LogP contribution in [0.15, 0.2) is 34.5 Å². The minimum absolute atomic E-state index is 0.523. The molecule has 1 unspecified atom stereocenters. The molecule has 0 heterocycles. The zero-order chi connectivity index (χ0) is 12.2. The highest BCUT2D eigenvalue weighted by Crippen LogP contribution is 2.28. The maximum absolute atomic E-state index is 12.8. The maximum atomic E-state index is 12.8. The molecule has 0 aliphatic carbocycles. The van der Waals surface area contributed by atoms with Crippen LogP contribution in [0.2, 0.25) is 0 Å². The molecule has 0 amide bonds. The highest BCUT2D eigenvalue weighted by Gasteiger charge is 2.19. The van der Waals surface area contributed by atoms with E-state index in [4.69, 9.17) is 0 Å². The lowest BCUT2D eigenvalue weighted by Crippen LogP contribution is -1.98. The lowest BCUT2D eigenvalue weighted by Gasteiger charge is -2.08. The summed E-state index contributed by atoms with van der Waals surface area (Å²) in [7, 11) is 0. The standard InChI is InChI=1S/C7H5F5O2S/c1-3(9)7(15(13)14)6(12)5(11)4(10)2-8/h2H,1H3,(H,13,14)/p-1/b4-2-,6-5-,7-3-. The first-order chi connectivity index (χ1) is 6.82. The molecule has 86 valence electrons. The predicted octanol–water partition coefficient (Wildman–Crippen LogP) is 3.00. The van der Waals surface area contributed by atoms with Crippen LogP contribution in [0.25, 0.3) is 0 Å². The fourth-order valence-corrected chi connectivity index (χ4v) is 1.06. The van der Waals surface area contributed by atoms with E-state index in [1.807, 2.05) is 0 Å². The maximum Gasteiger partial charge on any atom is 0.198 e. The van der Waals surface area contributed by atoms with Gasteiger partial charge in [-0.3, -0.25) is 4.21 Å². The van der Waals surface area contributed by atoms with Gasteiger partial charge in [-0.2, -0.15) is 0 Å². The molecule has 0 bridgehead atoms. The van der Waals surface area contributed by atoms with Crippen LogP contribution < -0.4 is 0 Å². The quantitative estimate of drug-likeness (QED) is 0.437. The average Bonchev–Trinajstić information content (AvgIpc) is 2.14. The van der Waals surface area contributed by atoms with E-state index < -0.39 is 45.6 Å². The Morgan fingerprint density at radius 3 is 1.93 bits per heavy atom. The minimum atomic E-state index is -3.44. The first-order valence-electron chi connectivity index (χ1n) is 3.30. The SMILES string of the molecule is C\C(F)=C(/C(F)=C(F)\C(F)=C\F)S(=O)[O-].